The molecule has 2 aromatic carbocycles. The van der Waals surface area contributed by atoms with E-state index in [2.05, 4.69) is 5.32 Å². The fourth-order valence-electron chi connectivity index (χ4n) is 1.98. The summed E-state index contributed by atoms with van der Waals surface area (Å²) in [6.45, 7) is 1.45. The van der Waals surface area contributed by atoms with Gasteiger partial charge in [0.1, 0.15) is 11.6 Å². The molecule has 0 bridgehead atoms. The number of esters is 1. The summed E-state index contributed by atoms with van der Waals surface area (Å²) in [5.74, 6) is -1.78. The molecular formula is C18H17F2NO3. The maximum atomic E-state index is 12.8. The quantitative estimate of drug-likeness (QED) is 0.824. The van der Waals surface area contributed by atoms with Gasteiger partial charge in [0.15, 0.2) is 6.10 Å². The van der Waals surface area contributed by atoms with Crippen LogP contribution in [0.5, 0.6) is 0 Å². The first-order valence-electron chi connectivity index (χ1n) is 7.44. The van der Waals surface area contributed by atoms with Crippen molar-refractivity contribution >= 4 is 17.6 Å². The van der Waals surface area contributed by atoms with E-state index in [1.807, 2.05) is 0 Å². The minimum Gasteiger partial charge on any atom is -0.453 e. The van der Waals surface area contributed by atoms with E-state index in [0.717, 1.165) is 5.56 Å². The van der Waals surface area contributed by atoms with Crippen LogP contribution in [0.1, 0.15) is 18.9 Å². The number of nitrogens with one attached hydrogen (secondary N) is 1. The number of amides is 1. The third-order valence-electron chi connectivity index (χ3n) is 3.32. The molecule has 0 aliphatic rings. The molecule has 0 unspecified atom stereocenters. The molecule has 6 heteroatoms. The van der Waals surface area contributed by atoms with Crippen LogP contribution in [-0.2, 0) is 20.7 Å². The molecular weight excluding hydrogens is 316 g/mol. The second-order valence-electron chi connectivity index (χ2n) is 5.25. The van der Waals surface area contributed by atoms with Gasteiger partial charge in [0.05, 0.1) is 0 Å². The summed E-state index contributed by atoms with van der Waals surface area (Å²) in [4.78, 5) is 23.7. The fraction of sp³-hybridized carbons (Fsp3) is 0.222. The van der Waals surface area contributed by atoms with E-state index in [0.29, 0.717) is 12.1 Å². The molecule has 0 radical (unpaired) electrons. The minimum absolute atomic E-state index is 0.0831. The van der Waals surface area contributed by atoms with Gasteiger partial charge < -0.3 is 10.1 Å². The van der Waals surface area contributed by atoms with Crippen LogP contribution < -0.4 is 5.32 Å². The summed E-state index contributed by atoms with van der Waals surface area (Å²) in [6, 6.07) is 11.1. The Morgan fingerprint density at radius 2 is 1.54 bits per heavy atom. The van der Waals surface area contributed by atoms with Crippen LogP contribution in [0.4, 0.5) is 14.5 Å². The van der Waals surface area contributed by atoms with Crippen molar-refractivity contribution < 1.29 is 23.1 Å². The van der Waals surface area contributed by atoms with Gasteiger partial charge in [-0.3, -0.25) is 9.59 Å². The van der Waals surface area contributed by atoms with Crippen molar-refractivity contribution in [3.05, 3.63) is 65.7 Å². The number of hydrogen-bond acceptors (Lipinski definition) is 3. The van der Waals surface area contributed by atoms with Gasteiger partial charge in [0.2, 0.25) is 0 Å². The minimum atomic E-state index is -0.976. The smallest absolute Gasteiger partial charge is 0.306 e. The predicted molar refractivity (Wildman–Crippen MR) is 85.3 cm³/mol. The molecule has 24 heavy (non-hydrogen) atoms. The number of rotatable bonds is 6. The van der Waals surface area contributed by atoms with Crippen molar-refractivity contribution in [2.45, 2.75) is 25.9 Å². The highest BCUT2D eigenvalue weighted by Crippen LogP contribution is 2.10. The molecule has 0 spiro atoms. The molecule has 126 valence electrons. The SMILES string of the molecule is C[C@@H](OC(=O)CCc1ccc(F)cc1)C(=O)Nc1ccc(F)cc1. The number of hydrogen-bond donors (Lipinski definition) is 1. The first-order valence-corrected chi connectivity index (χ1v) is 7.44. The van der Waals surface area contributed by atoms with Crippen molar-refractivity contribution in [3.8, 4) is 0 Å². The number of ether oxygens (including phenoxy) is 1. The van der Waals surface area contributed by atoms with Crippen molar-refractivity contribution in [2.24, 2.45) is 0 Å². The highest BCUT2D eigenvalue weighted by molar-refractivity contribution is 5.95. The monoisotopic (exact) mass is 333 g/mol. The molecule has 0 saturated carbocycles. The van der Waals surface area contributed by atoms with Gasteiger partial charge >= 0.3 is 5.97 Å². The topological polar surface area (TPSA) is 55.4 Å². The van der Waals surface area contributed by atoms with E-state index in [9.17, 15) is 18.4 Å². The number of benzene rings is 2. The number of aryl methyl sites for hydroxylation is 1. The zero-order valence-corrected chi connectivity index (χ0v) is 13.1. The van der Waals surface area contributed by atoms with E-state index < -0.39 is 23.8 Å². The Labute approximate surface area is 138 Å². The Hall–Kier alpha value is -2.76. The van der Waals surface area contributed by atoms with Crippen LogP contribution in [0.3, 0.4) is 0 Å². The second-order valence-corrected chi connectivity index (χ2v) is 5.25. The molecule has 0 fully saturated rings. The number of halogens is 2. The van der Waals surface area contributed by atoms with E-state index in [4.69, 9.17) is 4.74 Å². The van der Waals surface area contributed by atoms with E-state index >= 15 is 0 Å². The van der Waals surface area contributed by atoms with Crippen LogP contribution in [0.2, 0.25) is 0 Å². The van der Waals surface area contributed by atoms with Gasteiger partial charge in [-0.25, -0.2) is 8.78 Å². The summed E-state index contributed by atoms with van der Waals surface area (Å²) in [6.07, 6.45) is -0.499. The lowest BCUT2D eigenvalue weighted by molar-refractivity contribution is -0.153. The predicted octanol–water partition coefficient (Wildman–Crippen LogP) is 3.47. The Bertz CT molecular complexity index is 699. The number of carbonyl (C=O) groups is 2. The molecule has 1 atom stereocenters. The highest BCUT2D eigenvalue weighted by Gasteiger charge is 2.17. The van der Waals surface area contributed by atoms with Crippen molar-refractivity contribution in [2.75, 3.05) is 5.32 Å². The number of anilines is 1. The lowest BCUT2D eigenvalue weighted by Gasteiger charge is -2.13. The summed E-state index contributed by atoms with van der Waals surface area (Å²) in [5.41, 5.74) is 1.22. The van der Waals surface area contributed by atoms with Crippen molar-refractivity contribution in [1.29, 1.82) is 0 Å². The average Bonchev–Trinajstić information content (AvgIpc) is 2.56. The molecule has 2 aromatic rings. The van der Waals surface area contributed by atoms with E-state index in [1.165, 1.54) is 43.3 Å². The summed E-state index contributed by atoms with van der Waals surface area (Å²) < 4.78 is 30.6. The summed E-state index contributed by atoms with van der Waals surface area (Å²) >= 11 is 0. The molecule has 0 saturated heterocycles. The molecule has 0 aliphatic heterocycles. The first-order chi connectivity index (χ1) is 11.4. The molecule has 0 aliphatic carbocycles. The van der Waals surface area contributed by atoms with E-state index in [-0.39, 0.29) is 12.2 Å². The standard InChI is InChI=1S/C18H17F2NO3/c1-12(18(23)21-16-9-7-15(20)8-10-16)24-17(22)11-4-13-2-5-14(19)6-3-13/h2-3,5-10,12H,4,11H2,1H3,(H,21,23)/t12-/m1/s1. The number of carbonyl (C=O) groups excluding carboxylic acids is 2. The highest BCUT2D eigenvalue weighted by atomic mass is 19.1. The Morgan fingerprint density at radius 1 is 1.00 bits per heavy atom. The van der Waals surface area contributed by atoms with Crippen LogP contribution in [-0.4, -0.2) is 18.0 Å². The first kappa shape index (κ1) is 17.6. The average molecular weight is 333 g/mol. The Balaban J connectivity index is 1.78. The van der Waals surface area contributed by atoms with Crippen LogP contribution >= 0.6 is 0 Å². The molecule has 4 nitrogen and oxygen atoms in total. The summed E-state index contributed by atoms with van der Waals surface area (Å²) in [5, 5.41) is 2.53. The molecule has 1 N–H and O–H groups in total. The third-order valence-corrected chi connectivity index (χ3v) is 3.32. The lowest BCUT2D eigenvalue weighted by atomic mass is 10.1. The van der Waals surface area contributed by atoms with Crippen molar-refractivity contribution in [1.82, 2.24) is 0 Å². The third kappa shape index (κ3) is 5.46. The van der Waals surface area contributed by atoms with E-state index in [1.54, 1.807) is 12.1 Å². The van der Waals surface area contributed by atoms with Gasteiger partial charge in [0, 0.05) is 12.1 Å². The maximum Gasteiger partial charge on any atom is 0.306 e. The second kappa shape index (κ2) is 8.19. The summed E-state index contributed by atoms with van der Waals surface area (Å²) in [7, 11) is 0. The zero-order chi connectivity index (χ0) is 17.5. The van der Waals surface area contributed by atoms with Crippen LogP contribution in [0, 0.1) is 11.6 Å². The molecule has 0 aromatic heterocycles. The molecule has 0 heterocycles. The van der Waals surface area contributed by atoms with Gasteiger partial charge in [0.25, 0.3) is 5.91 Å². The molecule has 2 rings (SSSR count). The van der Waals surface area contributed by atoms with Gasteiger partial charge in [-0.2, -0.15) is 0 Å². The van der Waals surface area contributed by atoms with Crippen LogP contribution in [0.15, 0.2) is 48.5 Å². The van der Waals surface area contributed by atoms with Crippen molar-refractivity contribution in [3.63, 3.8) is 0 Å². The van der Waals surface area contributed by atoms with Crippen LogP contribution in [0.25, 0.3) is 0 Å². The van der Waals surface area contributed by atoms with Gasteiger partial charge in [-0.05, 0) is 55.3 Å². The van der Waals surface area contributed by atoms with Gasteiger partial charge in [-0.1, -0.05) is 12.1 Å². The Morgan fingerprint density at radius 3 is 2.12 bits per heavy atom. The molecule has 1 amide bonds. The zero-order valence-electron chi connectivity index (χ0n) is 13.1. The Kier molecular flexibility index (Phi) is 6.01. The fourth-order valence-corrected chi connectivity index (χ4v) is 1.98. The normalized spacial score (nSPS) is 11.6. The lowest BCUT2D eigenvalue weighted by Crippen LogP contribution is -2.30. The maximum absolute atomic E-state index is 12.8. The van der Waals surface area contributed by atoms with Gasteiger partial charge in [-0.15, -0.1) is 0 Å². The largest absolute Gasteiger partial charge is 0.453 e.